The van der Waals surface area contributed by atoms with Crippen LogP contribution in [-0.2, 0) is 4.74 Å². The summed E-state index contributed by atoms with van der Waals surface area (Å²) in [5.74, 6) is -0.0741. The van der Waals surface area contributed by atoms with Gasteiger partial charge in [-0.15, -0.1) is 0 Å². The van der Waals surface area contributed by atoms with Crippen molar-refractivity contribution in [3.8, 4) is 23.0 Å². The van der Waals surface area contributed by atoms with Gasteiger partial charge in [-0.25, -0.2) is 4.39 Å². The molecule has 0 atom stereocenters. The molecule has 0 amide bonds. The molecule has 2 aromatic rings. The second-order valence-electron chi connectivity index (χ2n) is 7.36. The molecule has 196 valence electrons. The molecule has 0 aliphatic heterocycles. The fourth-order valence-corrected chi connectivity index (χ4v) is 3.14. The number of benzene rings is 2. The van der Waals surface area contributed by atoms with Crippen molar-refractivity contribution < 1.29 is 38.0 Å². The first-order chi connectivity index (χ1) is 17.7. The van der Waals surface area contributed by atoms with Crippen molar-refractivity contribution in [3.05, 3.63) is 102 Å². The molecule has 0 bridgehead atoms. The summed E-state index contributed by atoms with van der Waals surface area (Å²) in [6.07, 6.45) is 5.81. The maximum Gasteiger partial charge on any atom is 0.203 e. The number of hydrogen-bond acceptors (Lipinski definition) is 8. The summed E-state index contributed by atoms with van der Waals surface area (Å²) >= 11 is 0. The first kappa shape index (κ1) is 28.6. The molecule has 2 N–H and O–H groups in total. The third-order valence-electron chi connectivity index (χ3n) is 5.13. The van der Waals surface area contributed by atoms with E-state index in [0.717, 1.165) is 6.07 Å². The van der Waals surface area contributed by atoms with Gasteiger partial charge in [0.2, 0.25) is 5.75 Å². The van der Waals surface area contributed by atoms with E-state index < -0.39 is 11.6 Å². The van der Waals surface area contributed by atoms with E-state index in [2.05, 4.69) is 18.5 Å². The standard InChI is InChI=1S/C28H30FNO7/c1-17(8-9-19-14-24(35-5)28(37-7)25(15-19)36-6)26(27(32)18(2)33-3)30-13-12-22(31)20-10-11-23(34-4)21(29)16-20/h8-16,30,32H,1-2H2,3-7H3/b9-8-,13-12-,27-26-. The monoisotopic (exact) mass is 511 g/mol. The zero-order chi connectivity index (χ0) is 27.5. The summed E-state index contributed by atoms with van der Waals surface area (Å²) in [5, 5.41) is 13.4. The van der Waals surface area contributed by atoms with Crippen molar-refractivity contribution in [1.29, 1.82) is 0 Å². The number of hydrogen-bond donors (Lipinski definition) is 2. The quantitative estimate of drug-likeness (QED) is 0.161. The summed E-state index contributed by atoms with van der Waals surface area (Å²) in [6, 6.07) is 7.35. The summed E-state index contributed by atoms with van der Waals surface area (Å²) < 4.78 is 39.9. The summed E-state index contributed by atoms with van der Waals surface area (Å²) in [7, 11) is 7.21. The number of rotatable bonds is 13. The van der Waals surface area contributed by atoms with Crippen LogP contribution in [0.5, 0.6) is 23.0 Å². The van der Waals surface area contributed by atoms with E-state index in [9.17, 15) is 14.3 Å². The SMILES string of the molecule is C=C(OC)/C(O)=C(/N/C=C\C(=O)c1ccc(OC)c(F)c1)C(=C)/C=C\c1cc(OC)c(OC)c(OC)c1. The van der Waals surface area contributed by atoms with Gasteiger partial charge >= 0.3 is 0 Å². The Hall–Kier alpha value is -4.66. The number of carbonyl (C=O) groups excluding carboxylic acids is 1. The molecule has 0 saturated heterocycles. The Morgan fingerprint density at radius 1 is 0.919 bits per heavy atom. The lowest BCUT2D eigenvalue weighted by Crippen LogP contribution is -2.12. The maximum absolute atomic E-state index is 13.9. The van der Waals surface area contributed by atoms with Crippen molar-refractivity contribution in [2.24, 2.45) is 0 Å². The van der Waals surface area contributed by atoms with E-state index in [1.165, 1.54) is 60.0 Å². The van der Waals surface area contributed by atoms with E-state index in [4.69, 9.17) is 23.7 Å². The van der Waals surface area contributed by atoms with Crippen LogP contribution >= 0.6 is 0 Å². The Bertz CT molecular complexity index is 1240. The number of aliphatic hydroxyl groups is 1. The Labute approximate surface area is 215 Å². The topological polar surface area (TPSA) is 95.5 Å². The smallest absolute Gasteiger partial charge is 0.203 e. The van der Waals surface area contributed by atoms with E-state index in [0.29, 0.717) is 28.4 Å². The molecular weight excluding hydrogens is 481 g/mol. The number of nitrogens with one attached hydrogen (secondary N) is 1. The normalized spacial score (nSPS) is 11.6. The third kappa shape index (κ3) is 7.17. The molecule has 9 heteroatoms. The molecule has 2 aromatic carbocycles. The molecule has 0 saturated carbocycles. The van der Waals surface area contributed by atoms with E-state index >= 15 is 0 Å². The van der Waals surface area contributed by atoms with Crippen LogP contribution in [0.2, 0.25) is 0 Å². The molecule has 0 fully saturated rings. The molecule has 0 spiro atoms. The number of methoxy groups -OCH3 is 5. The Morgan fingerprint density at radius 2 is 1.54 bits per heavy atom. The minimum atomic E-state index is -0.658. The van der Waals surface area contributed by atoms with E-state index in [1.807, 2.05) is 0 Å². The molecule has 2 rings (SSSR count). The molecule has 0 aromatic heterocycles. The predicted octanol–water partition coefficient (Wildman–Crippen LogP) is 5.35. The molecular formula is C28H30FNO7. The number of carbonyl (C=O) groups is 1. The molecule has 0 radical (unpaired) electrons. The maximum atomic E-state index is 13.9. The lowest BCUT2D eigenvalue weighted by molar-refractivity contribution is 0.104. The molecule has 37 heavy (non-hydrogen) atoms. The molecule has 0 aliphatic rings. The van der Waals surface area contributed by atoms with Gasteiger partial charge in [0.1, 0.15) is 0 Å². The summed E-state index contributed by atoms with van der Waals surface area (Å²) in [4.78, 5) is 12.5. The Morgan fingerprint density at radius 3 is 2.05 bits per heavy atom. The first-order valence-electron chi connectivity index (χ1n) is 10.8. The zero-order valence-electron chi connectivity index (χ0n) is 21.4. The largest absolute Gasteiger partial charge is 0.503 e. The second-order valence-corrected chi connectivity index (χ2v) is 7.36. The van der Waals surface area contributed by atoms with Gasteiger partial charge in [-0.05, 0) is 41.5 Å². The van der Waals surface area contributed by atoms with Gasteiger partial charge in [-0.1, -0.05) is 25.3 Å². The highest BCUT2D eigenvalue weighted by Gasteiger charge is 2.14. The van der Waals surface area contributed by atoms with Gasteiger partial charge < -0.3 is 34.1 Å². The van der Waals surface area contributed by atoms with Crippen molar-refractivity contribution in [2.75, 3.05) is 35.5 Å². The van der Waals surface area contributed by atoms with Crippen molar-refractivity contribution >= 4 is 11.9 Å². The number of ether oxygens (including phenoxy) is 5. The number of halogens is 1. The molecule has 0 heterocycles. The lowest BCUT2D eigenvalue weighted by Gasteiger charge is -2.14. The van der Waals surface area contributed by atoms with Gasteiger partial charge in [0.15, 0.2) is 40.4 Å². The Kier molecular flexibility index (Phi) is 10.4. The van der Waals surface area contributed by atoms with Gasteiger partial charge in [0.05, 0.1) is 41.2 Å². The fraction of sp³-hybridized carbons (Fsp3) is 0.179. The van der Waals surface area contributed by atoms with Crippen LogP contribution in [0.25, 0.3) is 6.08 Å². The highest BCUT2D eigenvalue weighted by molar-refractivity contribution is 6.04. The minimum absolute atomic E-state index is 0.0261. The number of ketones is 1. The van der Waals surface area contributed by atoms with Crippen LogP contribution in [0, 0.1) is 5.82 Å². The molecule has 0 unspecified atom stereocenters. The van der Waals surface area contributed by atoms with Crippen LogP contribution in [0.4, 0.5) is 4.39 Å². The average molecular weight is 512 g/mol. The van der Waals surface area contributed by atoms with Gasteiger partial charge in [-0.2, -0.15) is 0 Å². The minimum Gasteiger partial charge on any atom is -0.503 e. The lowest BCUT2D eigenvalue weighted by atomic mass is 10.1. The van der Waals surface area contributed by atoms with Crippen LogP contribution in [-0.4, -0.2) is 46.4 Å². The van der Waals surface area contributed by atoms with Crippen LogP contribution in [0.3, 0.4) is 0 Å². The third-order valence-corrected chi connectivity index (χ3v) is 5.13. The van der Waals surface area contributed by atoms with Gasteiger partial charge in [0, 0.05) is 17.8 Å². The second kappa shape index (κ2) is 13.4. The van der Waals surface area contributed by atoms with Crippen molar-refractivity contribution in [3.63, 3.8) is 0 Å². The first-order valence-corrected chi connectivity index (χ1v) is 10.8. The van der Waals surface area contributed by atoms with E-state index in [-0.39, 0.29) is 28.5 Å². The predicted molar refractivity (Wildman–Crippen MR) is 140 cm³/mol. The summed E-state index contributed by atoms with van der Waals surface area (Å²) in [6.45, 7) is 7.63. The van der Waals surface area contributed by atoms with Crippen molar-refractivity contribution in [1.82, 2.24) is 5.32 Å². The Balaban J connectivity index is 2.31. The average Bonchev–Trinajstić information content (AvgIpc) is 2.92. The van der Waals surface area contributed by atoms with E-state index in [1.54, 1.807) is 24.3 Å². The number of aliphatic hydroxyl groups excluding tert-OH is 1. The summed E-state index contributed by atoms with van der Waals surface area (Å²) in [5.41, 5.74) is 1.28. The van der Waals surface area contributed by atoms with Gasteiger partial charge in [-0.3, -0.25) is 4.79 Å². The molecule has 8 nitrogen and oxygen atoms in total. The molecule has 0 aliphatic carbocycles. The van der Waals surface area contributed by atoms with Crippen LogP contribution in [0.15, 0.2) is 84.6 Å². The van der Waals surface area contributed by atoms with Crippen LogP contribution in [0.1, 0.15) is 15.9 Å². The van der Waals surface area contributed by atoms with Crippen molar-refractivity contribution in [2.45, 2.75) is 0 Å². The van der Waals surface area contributed by atoms with Crippen LogP contribution < -0.4 is 24.3 Å². The fourth-order valence-electron chi connectivity index (χ4n) is 3.14. The van der Waals surface area contributed by atoms with Gasteiger partial charge in [0.25, 0.3) is 0 Å². The highest BCUT2D eigenvalue weighted by atomic mass is 19.1. The number of allylic oxidation sites excluding steroid dienone is 2. The zero-order valence-corrected chi connectivity index (χ0v) is 21.4. The highest BCUT2D eigenvalue weighted by Crippen LogP contribution is 2.38.